The van der Waals surface area contributed by atoms with E-state index in [1.54, 1.807) is 0 Å². The molecule has 2 unspecified atom stereocenters. The molecule has 1 aliphatic heterocycles. The number of piperidine rings is 1. The summed E-state index contributed by atoms with van der Waals surface area (Å²) in [5.41, 5.74) is 1.26. The van der Waals surface area contributed by atoms with Crippen molar-refractivity contribution >= 4 is 0 Å². The summed E-state index contributed by atoms with van der Waals surface area (Å²) in [6, 6.07) is 2.39. The number of hydrogen-bond acceptors (Lipinski definition) is 2. The second kappa shape index (κ2) is 3.02. The van der Waals surface area contributed by atoms with E-state index in [1.165, 1.54) is 5.70 Å². The molecule has 2 nitrogen and oxygen atoms in total. The molecule has 2 atom stereocenters. The van der Waals surface area contributed by atoms with Crippen molar-refractivity contribution in [2.75, 3.05) is 6.54 Å². The monoisotopic (exact) mass is 160 g/mol. The first kappa shape index (κ1) is 7.42. The second-order valence-electron chi connectivity index (χ2n) is 3.34. The first-order valence-corrected chi connectivity index (χ1v) is 4.42. The van der Waals surface area contributed by atoms with Gasteiger partial charge in [0.15, 0.2) is 0 Å². The molecule has 0 aromatic carbocycles. The number of fused-ring (bicyclic) bond motifs is 1. The van der Waals surface area contributed by atoms with E-state index >= 15 is 0 Å². The van der Waals surface area contributed by atoms with Crippen LogP contribution >= 0.6 is 0 Å². The van der Waals surface area contributed by atoms with Gasteiger partial charge in [-0.15, -0.1) is 0 Å². The molecule has 1 fully saturated rings. The van der Waals surface area contributed by atoms with Gasteiger partial charge in [0.05, 0.1) is 12.0 Å². The predicted octanol–water partition coefficient (Wildman–Crippen LogP) is 1.58. The molecule has 1 aliphatic carbocycles. The fourth-order valence-electron chi connectivity index (χ4n) is 1.95. The lowest BCUT2D eigenvalue weighted by atomic mass is 9.81. The van der Waals surface area contributed by atoms with Crippen LogP contribution in [0.5, 0.6) is 0 Å². The Morgan fingerprint density at radius 3 is 3.33 bits per heavy atom. The zero-order valence-corrected chi connectivity index (χ0v) is 6.96. The van der Waals surface area contributed by atoms with Crippen LogP contribution in [0.15, 0.2) is 23.9 Å². The van der Waals surface area contributed by atoms with Gasteiger partial charge in [0.1, 0.15) is 0 Å². The lowest BCUT2D eigenvalue weighted by Crippen LogP contribution is -2.34. The highest BCUT2D eigenvalue weighted by Gasteiger charge is 2.28. The summed E-state index contributed by atoms with van der Waals surface area (Å²) in [4.78, 5) is 0. The van der Waals surface area contributed by atoms with Crippen LogP contribution in [-0.2, 0) is 0 Å². The first-order valence-electron chi connectivity index (χ1n) is 4.42. The number of nitrogens with one attached hydrogen (secondary N) is 1. The zero-order chi connectivity index (χ0) is 8.39. The summed E-state index contributed by atoms with van der Waals surface area (Å²) in [5.74, 6) is 0.663. The van der Waals surface area contributed by atoms with Crippen LogP contribution in [-0.4, -0.2) is 6.54 Å². The van der Waals surface area contributed by atoms with Crippen molar-refractivity contribution < 1.29 is 0 Å². The Hall–Kier alpha value is -1.23. The number of hydrogen-bond donors (Lipinski definition) is 1. The van der Waals surface area contributed by atoms with Crippen molar-refractivity contribution in [1.82, 2.24) is 5.32 Å². The van der Waals surface area contributed by atoms with E-state index in [2.05, 4.69) is 29.6 Å². The normalized spacial score (nSPS) is 32.8. The van der Waals surface area contributed by atoms with Gasteiger partial charge in [-0.25, -0.2) is 0 Å². The topological polar surface area (TPSA) is 35.8 Å². The Bertz CT molecular complexity index is 270. The smallest absolute Gasteiger partial charge is 0.0663 e. The highest BCUT2D eigenvalue weighted by atomic mass is 14.9. The maximum absolute atomic E-state index is 8.90. The first-order chi connectivity index (χ1) is 5.92. The molecule has 0 saturated carbocycles. The van der Waals surface area contributed by atoms with Gasteiger partial charge in [-0.3, -0.25) is 0 Å². The lowest BCUT2D eigenvalue weighted by Gasteiger charge is -2.31. The van der Waals surface area contributed by atoms with E-state index in [4.69, 9.17) is 5.26 Å². The third-order valence-electron chi connectivity index (χ3n) is 2.64. The minimum absolute atomic E-state index is 0.224. The minimum atomic E-state index is 0.224. The molecule has 1 heterocycles. The van der Waals surface area contributed by atoms with E-state index in [-0.39, 0.29) is 5.92 Å². The maximum atomic E-state index is 8.90. The Kier molecular flexibility index (Phi) is 1.87. The minimum Gasteiger partial charge on any atom is -0.388 e. The van der Waals surface area contributed by atoms with Crippen LogP contribution in [0.25, 0.3) is 0 Å². The molecule has 0 amide bonds. The van der Waals surface area contributed by atoms with Crippen LogP contribution in [0.3, 0.4) is 0 Å². The average molecular weight is 160 g/mol. The lowest BCUT2D eigenvalue weighted by molar-refractivity contribution is 0.364. The molecule has 12 heavy (non-hydrogen) atoms. The van der Waals surface area contributed by atoms with E-state index in [1.807, 2.05) is 0 Å². The van der Waals surface area contributed by atoms with Crippen molar-refractivity contribution in [2.45, 2.75) is 12.8 Å². The molecule has 2 aliphatic rings. The third kappa shape index (κ3) is 1.12. The van der Waals surface area contributed by atoms with Crippen molar-refractivity contribution in [3.8, 4) is 6.07 Å². The predicted molar refractivity (Wildman–Crippen MR) is 47.1 cm³/mol. The summed E-state index contributed by atoms with van der Waals surface area (Å²) in [7, 11) is 0. The molecule has 0 aromatic heterocycles. The van der Waals surface area contributed by atoms with Crippen molar-refractivity contribution in [1.29, 1.82) is 5.26 Å². The number of nitriles is 1. The molecule has 0 spiro atoms. The Labute approximate surface area is 72.6 Å². The van der Waals surface area contributed by atoms with E-state index in [0.717, 1.165) is 19.4 Å². The van der Waals surface area contributed by atoms with E-state index in [0.29, 0.717) is 5.92 Å². The molecule has 1 N–H and O–H groups in total. The van der Waals surface area contributed by atoms with Gasteiger partial charge in [0, 0.05) is 18.2 Å². The van der Waals surface area contributed by atoms with Gasteiger partial charge in [0.2, 0.25) is 0 Å². The highest BCUT2D eigenvalue weighted by molar-refractivity contribution is 5.23. The van der Waals surface area contributed by atoms with Crippen LogP contribution in [0.4, 0.5) is 0 Å². The average Bonchev–Trinajstić information content (AvgIpc) is 2.17. The molecule has 0 radical (unpaired) electrons. The molecular formula is C10H12N2. The van der Waals surface area contributed by atoms with Gasteiger partial charge < -0.3 is 5.32 Å². The molecule has 0 bridgehead atoms. The molecule has 0 aromatic rings. The summed E-state index contributed by atoms with van der Waals surface area (Å²) in [6.45, 7) is 0.953. The largest absolute Gasteiger partial charge is 0.388 e. The highest BCUT2D eigenvalue weighted by Crippen LogP contribution is 2.31. The quantitative estimate of drug-likeness (QED) is 0.584. The van der Waals surface area contributed by atoms with Gasteiger partial charge in [-0.1, -0.05) is 12.2 Å². The van der Waals surface area contributed by atoms with Gasteiger partial charge in [-0.05, 0) is 18.9 Å². The van der Waals surface area contributed by atoms with Crippen LogP contribution < -0.4 is 5.32 Å². The summed E-state index contributed by atoms with van der Waals surface area (Å²) >= 11 is 0. The standard InChI is InChI=1S/C10H12N2/c11-7-8-5-6-12-10-4-2-1-3-9(8)10/h1-2,4,8-9,12H,3,5-6H2. The molecule has 1 saturated heterocycles. The van der Waals surface area contributed by atoms with Crippen LogP contribution in [0, 0.1) is 23.2 Å². The second-order valence-corrected chi connectivity index (χ2v) is 3.34. The zero-order valence-electron chi connectivity index (χ0n) is 6.96. The third-order valence-corrected chi connectivity index (χ3v) is 2.64. The van der Waals surface area contributed by atoms with Gasteiger partial charge in [-0.2, -0.15) is 5.26 Å². The SMILES string of the molecule is N#CC1CCNC2=CC=CCC21. The molecule has 62 valence electrons. The number of rotatable bonds is 0. The number of nitrogens with zero attached hydrogens (tertiary/aromatic N) is 1. The Morgan fingerprint density at radius 2 is 2.50 bits per heavy atom. The molecule has 2 heteroatoms. The Morgan fingerprint density at radius 1 is 1.58 bits per heavy atom. The fourth-order valence-corrected chi connectivity index (χ4v) is 1.95. The summed E-state index contributed by atoms with van der Waals surface area (Å²) in [5, 5.41) is 12.2. The van der Waals surface area contributed by atoms with E-state index in [9.17, 15) is 0 Å². The summed E-state index contributed by atoms with van der Waals surface area (Å²) in [6.07, 6.45) is 8.32. The fraction of sp³-hybridized carbons (Fsp3) is 0.500. The molecule has 2 rings (SSSR count). The molecular weight excluding hydrogens is 148 g/mol. The van der Waals surface area contributed by atoms with Gasteiger partial charge in [0.25, 0.3) is 0 Å². The van der Waals surface area contributed by atoms with Gasteiger partial charge >= 0.3 is 0 Å². The van der Waals surface area contributed by atoms with Crippen LogP contribution in [0.2, 0.25) is 0 Å². The van der Waals surface area contributed by atoms with E-state index < -0.39 is 0 Å². The number of allylic oxidation sites excluding steroid dienone is 4. The summed E-state index contributed by atoms with van der Waals surface area (Å²) < 4.78 is 0. The van der Waals surface area contributed by atoms with Crippen molar-refractivity contribution in [3.05, 3.63) is 23.9 Å². The van der Waals surface area contributed by atoms with Crippen LogP contribution in [0.1, 0.15) is 12.8 Å². The van der Waals surface area contributed by atoms with Crippen molar-refractivity contribution in [3.63, 3.8) is 0 Å². The Balaban J connectivity index is 2.21. The van der Waals surface area contributed by atoms with Crippen molar-refractivity contribution in [2.24, 2.45) is 11.8 Å². The maximum Gasteiger partial charge on any atom is 0.0663 e.